The van der Waals surface area contributed by atoms with Crippen molar-refractivity contribution >= 4 is 28.8 Å². The minimum Gasteiger partial charge on any atom is -0.389 e. The molecule has 0 aliphatic heterocycles. The molecule has 0 heterocycles. The van der Waals surface area contributed by atoms with Crippen LogP contribution in [0.2, 0.25) is 0 Å². The van der Waals surface area contributed by atoms with E-state index in [4.69, 9.17) is 18.0 Å². The normalized spacial score (nSPS) is 10.1. The van der Waals surface area contributed by atoms with E-state index in [1.807, 2.05) is 38.1 Å². The Labute approximate surface area is 107 Å². The Balaban J connectivity index is 2.47. The average Bonchev–Trinajstić information content (AvgIpc) is 2.26. The molecule has 17 heavy (non-hydrogen) atoms. The lowest BCUT2D eigenvalue weighted by Gasteiger charge is -2.10. The number of carbonyl (C=O) groups excluding carboxylic acids is 1. The fraction of sp³-hybridized carbons (Fsp3) is 0.333. The molecule has 0 bridgehead atoms. The van der Waals surface area contributed by atoms with Crippen LogP contribution in [0.3, 0.4) is 0 Å². The van der Waals surface area contributed by atoms with E-state index in [1.54, 1.807) is 0 Å². The molecule has 4 nitrogen and oxygen atoms in total. The number of nitrogens with one attached hydrogen (secondary N) is 2. The van der Waals surface area contributed by atoms with Crippen LogP contribution in [0.15, 0.2) is 24.3 Å². The van der Waals surface area contributed by atoms with Gasteiger partial charge < -0.3 is 16.4 Å². The third-order valence-electron chi connectivity index (χ3n) is 2.07. The summed E-state index contributed by atoms with van der Waals surface area (Å²) < 4.78 is 0. The molecule has 0 spiro atoms. The first kappa shape index (κ1) is 13.4. The molecule has 0 unspecified atom stereocenters. The van der Waals surface area contributed by atoms with Gasteiger partial charge in [0.2, 0.25) is 5.91 Å². The van der Waals surface area contributed by atoms with Crippen molar-refractivity contribution in [2.75, 3.05) is 11.9 Å². The molecule has 0 aliphatic carbocycles. The molecule has 1 rings (SSSR count). The summed E-state index contributed by atoms with van der Waals surface area (Å²) in [5, 5.41) is 5.82. The van der Waals surface area contributed by atoms with Crippen molar-refractivity contribution in [1.82, 2.24) is 5.32 Å². The van der Waals surface area contributed by atoms with Gasteiger partial charge in [-0.05, 0) is 38.1 Å². The molecule has 0 saturated heterocycles. The third kappa shape index (κ3) is 4.82. The molecule has 1 amide bonds. The van der Waals surface area contributed by atoms with Crippen molar-refractivity contribution < 1.29 is 4.79 Å². The number of thiocarbonyl (C=S) groups is 1. The van der Waals surface area contributed by atoms with Crippen LogP contribution in [-0.4, -0.2) is 23.5 Å². The first-order valence-corrected chi connectivity index (χ1v) is 5.83. The van der Waals surface area contributed by atoms with E-state index in [1.165, 1.54) is 0 Å². The Kier molecular flexibility index (Phi) is 4.90. The van der Waals surface area contributed by atoms with Crippen molar-refractivity contribution in [3.63, 3.8) is 0 Å². The van der Waals surface area contributed by atoms with Gasteiger partial charge in [0.1, 0.15) is 4.99 Å². The monoisotopic (exact) mass is 251 g/mol. The predicted octanol–water partition coefficient (Wildman–Crippen LogP) is 1.26. The molecule has 4 N–H and O–H groups in total. The number of benzene rings is 1. The minimum absolute atomic E-state index is 0.0292. The highest BCUT2D eigenvalue weighted by molar-refractivity contribution is 7.80. The Morgan fingerprint density at radius 2 is 1.94 bits per heavy atom. The van der Waals surface area contributed by atoms with Crippen molar-refractivity contribution in [3.05, 3.63) is 29.8 Å². The smallest absolute Gasteiger partial charge is 0.239 e. The van der Waals surface area contributed by atoms with E-state index in [9.17, 15) is 4.79 Å². The molecule has 0 aromatic heterocycles. The fourth-order valence-corrected chi connectivity index (χ4v) is 1.44. The minimum atomic E-state index is -0.0292. The highest BCUT2D eigenvalue weighted by atomic mass is 32.1. The summed E-state index contributed by atoms with van der Waals surface area (Å²) in [5.74, 6) is -0.0292. The molecule has 0 fully saturated rings. The van der Waals surface area contributed by atoms with Gasteiger partial charge in [-0.15, -0.1) is 0 Å². The second-order valence-electron chi connectivity index (χ2n) is 4.02. The van der Waals surface area contributed by atoms with Crippen LogP contribution < -0.4 is 16.4 Å². The molecule has 0 aliphatic rings. The largest absolute Gasteiger partial charge is 0.389 e. The molecular weight excluding hydrogens is 234 g/mol. The highest BCUT2D eigenvalue weighted by Gasteiger charge is 2.02. The summed E-state index contributed by atoms with van der Waals surface area (Å²) in [6.07, 6.45) is 0. The molecule has 0 radical (unpaired) electrons. The van der Waals surface area contributed by atoms with Crippen LogP contribution in [0.4, 0.5) is 5.69 Å². The van der Waals surface area contributed by atoms with Gasteiger partial charge >= 0.3 is 0 Å². The van der Waals surface area contributed by atoms with Crippen LogP contribution in [0.5, 0.6) is 0 Å². The molecule has 5 heteroatoms. The predicted molar refractivity (Wildman–Crippen MR) is 74.1 cm³/mol. The first-order valence-electron chi connectivity index (χ1n) is 5.42. The second-order valence-corrected chi connectivity index (χ2v) is 4.46. The number of nitrogens with two attached hydrogens (primary N) is 1. The van der Waals surface area contributed by atoms with E-state index in [0.717, 1.165) is 11.3 Å². The summed E-state index contributed by atoms with van der Waals surface area (Å²) in [5.41, 5.74) is 7.17. The summed E-state index contributed by atoms with van der Waals surface area (Å²) >= 11 is 4.85. The van der Waals surface area contributed by atoms with Gasteiger partial charge in [-0.3, -0.25) is 4.79 Å². The standard InChI is InChI=1S/C12H17N3OS/c1-8(2)15-11(16)7-14-10-5-3-9(4-6-10)12(13)17/h3-6,8,14H,7H2,1-2H3,(H2,13,17)(H,15,16). The second kappa shape index (κ2) is 6.20. The number of anilines is 1. The number of hydrogen-bond donors (Lipinski definition) is 3. The SMILES string of the molecule is CC(C)NC(=O)CNc1ccc(C(N)=S)cc1. The van der Waals surface area contributed by atoms with Crippen LogP contribution in [0, 0.1) is 0 Å². The maximum absolute atomic E-state index is 11.4. The van der Waals surface area contributed by atoms with E-state index < -0.39 is 0 Å². The summed E-state index contributed by atoms with van der Waals surface area (Å²) in [6, 6.07) is 7.49. The van der Waals surface area contributed by atoms with Gasteiger partial charge in [0.15, 0.2) is 0 Å². The van der Waals surface area contributed by atoms with Gasteiger partial charge in [0.25, 0.3) is 0 Å². The van der Waals surface area contributed by atoms with Crippen molar-refractivity contribution in [2.45, 2.75) is 19.9 Å². The number of rotatable bonds is 5. The molecule has 0 atom stereocenters. The highest BCUT2D eigenvalue weighted by Crippen LogP contribution is 2.08. The van der Waals surface area contributed by atoms with Gasteiger partial charge in [0.05, 0.1) is 6.54 Å². The van der Waals surface area contributed by atoms with E-state index in [-0.39, 0.29) is 18.5 Å². The maximum Gasteiger partial charge on any atom is 0.239 e. The Morgan fingerprint density at radius 1 is 1.35 bits per heavy atom. The summed E-state index contributed by atoms with van der Waals surface area (Å²) in [6.45, 7) is 4.11. The Bertz CT molecular complexity index is 401. The lowest BCUT2D eigenvalue weighted by molar-refractivity contribution is -0.119. The number of carbonyl (C=O) groups is 1. The summed E-state index contributed by atoms with van der Waals surface area (Å²) in [4.78, 5) is 11.8. The van der Waals surface area contributed by atoms with E-state index in [0.29, 0.717) is 4.99 Å². The lowest BCUT2D eigenvalue weighted by Crippen LogP contribution is -2.34. The fourth-order valence-electron chi connectivity index (χ4n) is 1.31. The van der Waals surface area contributed by atoms with Crippen molar-refractivity contribution in [3.8, 4) is 0 Å². The van der Waals surface area contributed by atoms with Crippen LogP contribution >= 0.6 is 12.2 Å². The topological polar surface area (TPSA) is 67.2 Å². The maximum atomic E-state index is 11.4. The zero-order chi connectivity index (χ0) is 12.8. The molecule has 1 aromatic rings. The number of hydrogen-bond acceptors (Lipinski definition) is 3. The van der Waals surface area contributed by atoms with Crippen LogP contribution in [-0.2, 0) is 4.79 Å². The number of amides is 1. The first-order chi connectivity index (χ1) is 7.99. The van der Waals surface area contributed by atoms with Gasteiger partial charge in [0, 0.05) is 17.3 Å². The Morgan fingerprint density at radius 3 is 2.41 bits per heavy atom. The van der Waals surface area contributed by atoms with Crippen LogP contribution in [0.1, 0.15) is 19.4 Å². The molecule has 1 aromatic carbocycles. The Hall–Kier alpha value is -1.62. The average molecular weight is 251 g/mol. The summed E-state index contributed by atoms with van der Waals surface area (Å²) in [7, 11) is 0. The third-order valence-corrected chi connectivity index (χ3v) is 2.31. The van der Waals surface area contributed by atoms with E-state index >= 15 is 0 Å². The molecule has 92 valence electrons. The van der Waals surface area contributed by atoms with Crippen molar-refractivity contribution in [2.24, 2.45) is 5.73 Å². The van der Waals surface area contributed by atoms with Gasteiger partial charge in [-0.2, -0.15) is 0 Å². The lowest BCUT2D eigenvalue weighted by atomic mass is 10.2. The van der Waals surface area contributed by atoms with E-state index in [2.05, 4.69) is 10.6 Å². The van der Waals surface area contributed by atoms with Gasteiger partial charge in [-0.1, -0.05) is 12.2 Å². The van der Waals surface area contributed by atoms with Crippen molar-refractivity contribution in [1.29, 1.82) is 0 Å². The quantitative estimate of drug-likeness (QED) is 0.689. The molecular formula is C12H17N3OS. The molecule has 0 saturated carbocycles. The zero-order valence-electron chi connectivity index (χ0n) is 9.99. The van der Waals surface area contributed by atoms with Crippen LogP contribution in [0.25, 0.3) is 0 Å². The zero-order valence-corrected chi connectivity index (χ0v) is 10.8. The van der Waals surface area contributed by atoms with Gasteiger partial charge in [-0.25, -0.2) is 0 Å².